The lowest BCUT2D eigenvalue weighted by Crippen LogP contribution is -2.27. The Kier molecular flexibility index (Phi) is 5.57. The molecule has 2 unspecified atom stereocenters. The lowest BCUT2D eigenvalue weighted by atomic mass is 9.93. The van der Waals surface area contributed by atoms with Crippen LogP contribution in [0.2, 0.25) is 5.02 Å². The van der Waals surface area contributed by atoms with E-state index < -0.39 is 5.41 Å². The number of aromatic nitrogens is 3. The number of benzene rings is 1. The summed E-state index contributed by atoms with van der Waals surface area (Å²) in [4.78, 5) is 25.7. The van der Waals surface area contributed by atoms with Crippen LogP contribution in [0, 0.1) is 31.1 Å². The Balaban J connectivity index is 1.56. The Morgan fingerprint density at radius 3 is 2.74 bits per heavy atom. The molecule has 2 aromatic heterocycles. The van der Waals surface area contributed by atoms with Crippen LogP contribution in [0.1, 0.15) is 29.1 Å². The fraction of sp³-hybridized carbons (Fsp3) is 0.261. The molecule has 0 saturated heterocycles. The zero-order valence-electron chi connectivity index (χ0n) is 17.1. The number of nitriles is 1. The van der Waals surface area contributed by atoms with Crippen molar-refractivity contribution >= 4 is 23.3 Å². The average molecular weight is 434 g/mol. The van der Waals surface area contributed by atoms with Crippen LogP contribution < -0.4 is 10.1 Å². The molecule has 1 amide bonds. The predicted molar refractivity (Wildman–Crippen MR) is 116 cm³/mol. The van der Waals surface area contributed by atoms with Gasteiger partial charge in [0.05, 0.1) is 30.0 Å². The van der Waals surface area contributed by atoms with Gasteiger partial charge in [0.1, 0.15) is 17.7 Å². The third-order valence-corrected chi connectivity index (χ3v) is 5.82. The van der Waals surface area contributed by atoms with Crippen molar-refractivity contribution in [2.45, 2.75) is 25.7 Å². The van der Waals surface area contributed by atoms with Crippen molar-refractivity contribution in [2.75, 3.05) is 11.9 Å². The van der Waals surface area contributed by atoms with Gasteiger partial charge in [0, 0.05) is 16.6 Å². The van der Waals surface area contributed by atoms with Gasteiger partial charge in [0.25, 0.3) is 0 Å². The maximum Gasteiger partial charge on any atom is 0.229 e. The monoisotopic (exact) mass is 433 g/mol. The van der Waals surface area contributed by atoms with Gasteiger partial charge in [-0.05, 0) is 44.0 Å². The highest BCUT2D eigenvalue weighted by Crippen LogP contribution is 2.56. The molecular weight excluding hydrogens is 414 g/mol. The van der Waals surface area contributed by atoms with E-state index in [2.05, 4.69) is 20.3 Å². The van der Waals surface area contributed by atoms with Gasteiger partial charge in [-0.1, -0.05) is 29.8 Å². The van der Waals surface area contributed by atoms with E-state index in [9.17, 15) is 4.79 Å². The van der Waals surface area contributed by atoms with Gasteiger partial charge in [0.2, 0.25) is 5.91 Å². The summed E-state index contributed by atoms with van der Waals surface area (Å²) >= 11 is 6.49. The number of nitrogens with one attached hydrogen (secondary N) is 1. The smallest absolute Gasteiger partial charge is 0.229 e. The number of aryl methyl sites for hydroxylation is 2. The largest absolute Gasteiger partial charge is 0.489 e. The standard InChI is InChI=1S/C23H20ClN5O2/c1-14-20(12-26-15(2)28-14)31-13-23(17-5-3-4-6-19(17)24)9-18(23)22(30)29-21-8-7-16(10-25)11-27-21/h3-8,11-12,18H,9,13H2,1-2H3,(H,27,29,30). The molecule has 2 heterocycles. The van der Waals surface area contributed by atoms with E-state index >= 15 is 0 Å². The molecule has 0 bridgehead atoms. The minimum absolute atomic E-state index is 0.169. The zero-order valence-corrected chi connectivity index (χ0v) is 17.8. The van der Waals surface area contributed by atoms with E-state index in [-0.39, 0.29) is 18.4 Å². The summed E-state index contributed by atoms with van der Waals surface area (Å²) in [5.74, 6) is 1.14. The molecule has 1 saturated carbocycles. The molecular formula is C23H20ClN5O2. The molecule has 0 radical (unpaired) electrons. The third-order valence-electron chi connectivity index (χ3n) is 5.49. The topological polar surface area (TPSA) is 101 Å². The Bertz CT molecular complexity index is 1180. The third kappa shape index (κ3) is 4.21. The number of hydrogen-bond acceptors (Lipinski definition) is 6. The second kappa shape index (κ2) is 8.32. The van der Waals surface area contributed by atoms with Gasteiger partial charge >= 0.3 is 0 Å². The normalized spacial score (nSPS) is 19.4. The van der Waals surface area contributed by atoms with Crippen molar-refractivity contribution in [3.8, 4) is 11.8 Å². The molecule has 7 nitrogen and oxygen atoms in total. The van der Waals surface area contributed by atoms with Gasteiger partial charge in [-0.2, -0.15) is 5.26 Å². The van der Waals surface area contributed by atoms with Crippen LogP contribution in [0.25, 0.3) is 0 Å². The summed E-state index contributed by atoms with van der Waals surface area (Å²) in [5.41, 5.74) is 1.48. The minimum atomic E-state index is -0.563. The van der Waals surface area contributed by atoms with E-state index in [0.717, 1.165) is 11.3 Å². The van der Waals surface area contributed by atoms with Gasteiger partial charge in [-0.3, -0.25) is 4.79 Å². The maximum absolute atomic E-state index is 13.0. The number of ether oxygens (including phenoxy) is 1. The highest BCUT2D eigenvalue weighted by atomic mass is 35.5. The molecule has 0 aliphatic heterocycles. The molecule has 8 heteroatoms. The second-order valence-corrected chi connectivity index (χ2v) is 7.99. The lowest BCUT2D eigenvalue weighted by molar-refractivity contribution is -0.117. The number of pyridine rings is 1. The van der Waals surface area contributed by atoms with Crippen molar-refractivity contribution in [1.29, 1.82) is 5.26 Å². The van der Waals surface area contributed by atoms with Crippen LogP contribution in [-0.4, -0.2) is 27.5 Å². The number of amides is 1. The quantitative estimate of drug-likeness (QED) is 0.630. The number of carbonyl (C=O) groups is 1. The van der Waals surface area contributed by atoms with Crippen LogP contribution in [0.3, 0.4) is 0 Å². The van der Waals surface area contributed by atoms with Gasteiger partial charge in [-0.25, -0.2) is 15.0 Å². The highest BCUT2D eigenvalue weighted by molar-refractivity contribution is 6.31. The summed E-state index contributed by atoms with van der Waals surface area (Å²) in [6.45, 7) is 3.95. The van der Waals surface area contributed by atoms with Crippen LogP contribution >= 0.6 is 11.6 Å². The summed E-state index contributed by atoms with van der Waals surface area (Å²) in [7, 11) is 0. The Labute approximate surface area is 185 Å². The van der Waals surface area contributed by atoms with Crippen LogP contribution in [0.4, 0.5) is 5.82 Å². The Morgan fingerprint density at radius 1 is 1.26 bits per heavy atom. The number of nitrogens with zero attached hydrogens (tertiary/aromatic N) is 4. The highest BCUT2D eigenvalue weighted by Gasteiger charge is 2.60. The van der Waals surface area contributed by atoms with Crippen LogP contribution in [0.5, 0.6) is 5.75 Å². The molecule has 3 aromatic rings. The summed E-state index contributed by atoms with van der Waals surface area (Å²) < 4.78 is 6.07. The number of rotatable bonds is 6. The molecule has 0 spiro atoms. The Morgan fingerprint density at radius 2 is 2.06 bits per heavy atom. The fourth-order valence-electron chi connectivity index (χ4n) is 3.72. The zero-order chi connectivity index (χ0) is 22.0. The lowest BCUT2D eigenvalue weighted by Gasteiger charge is -2.20. The van der Waals surface area contributed by atoms with Gasteiger partial charge < -0.3 is 10.1 Å². The molecule has 1 N–H and O–H groups in total. The molecule has 1 fully saturated rings. The summed E-state index contributed by atoms with van der Waals surface area (Å²) in [6, 6.07) is 12.7. The van der Waals surface area contributed by atoms with Crippen LogP contribution in [-0.2, 0) is 10.2 Å². The molecule has 4 rings (SSSR count). The minimum Gasteiger partial charge on any atom is -0.489 e. The number of hydrogen-bond donors (Lipinski definition) is 1. The first kappa shape index (κ1) is 20.8. The fourth-order valence-corrected chi connectivity index (χ4v) is 4.04. The number of carbonyl (C=O) groups excluding carboxylic acids is 1. The molecule has 1 aromatic carbocycles. The van der Waals surface area contributed by atoms with E-state index in [4.69, 9.17) is 21.6 Å². The van der Waals surface area contributed by atoms with Crippen molar-refractivity contribution in [3.63, 3.8) is 0 Å². The molecule has 31 heavy (non-hydrogen) atoms. The SMILES string of the molecule is Cc1ncc(OCC2(c3ccccc3Cl)CC2C(=O)Nc2ccc(C#N)cn2)c(C)n1. The molecule has 1 aliphatic rings. The predicted octanol–water partition coefficient (Wildman–Crippen LogP) is 3.99. The second-order valence-electron chi connectivity index (χ2n) is 7.58. The molecule has 1 aliphatic carbocycles. The summed E-state index contributed by atoms with van der Waals surface area (Å²) in [5, 5.41) is 12.3. The maximum atomic E-state index is 13.0. The van der Waals surface area contributed by atoms with E-state index in [1.807, 2.05) is 44.2 Å². The van der Waals surface area contributed by atoms with Crippen molar-refractivity contribution in [3.05, 3.63) is 76.5 Å². The Hall–Kier alpha value is -3.50. The van der Waals surface area contributed by atoms with E-state index in [0.29, 0.717) is 34.4 Å². The van der Waals surface area contributed by atoms with Gasteiger partial charge in [0.15, 0.2) is 5.75 Å². The molecule has 156 valence electrons. The first-order chi connectivity index (χ1) is 14.9. The van der Waals surface area contributed by atoms with E-state index in [1.54, 1.807) is 18.3 Å². The number of halogens is 1. The first-order valence-electron chi connectivity index (χ1n) is 9.78. The van der Waals surface area contributed by atoms with Crippen molar-refractivity contribution in [1.82, 2.24) is 15.0 Å². The summed E-state index contributed by atoms with van der Waals surface area (Å²) in [6.07, 6.45) is 3.66. The first-order valence-corrected chi connectivity index (χ1v) is 10.2. The van der Waals surface area contributed by atoms with Crippen LogP contribution in [0.15, 0.2) is 48.8 Å². The van der Waals surface area contributed by atoms with Crippen molar-refractivity contribution < 1.29 is 9.53 Å². The van der Waals surface area contributed by atoms with E-state index in [1.165, 1.54) is 6.20 Å². The number of anilines is 1. The molecule has 2 atom stereocenters. The van der Waals surface area contributed by atoms with Crippen molar-refractivity contribution in [2.24, 2.45) is 5.92 Å². The van der Waals surface area contributed by atoms with Gasteiger partial charge in [-0.15, -0.1) is 0 Å². The average Bonchev–Trinajstić information content (AvgIpc) is 3.50.